The Kier molecular flexibility index (Phi) is 14.0. The van der Waals surface area contributed by atoms with E-state index in [0.717, 1.165) is 24.3 Å². The van der Waals surface area contributed by atoms with Crippen molar-refractivity contribution in [3.63, 3.8) is 0 Å². The molecule has 0 saturated heterocycles. The zero-order chi connectivity index (χ0) is 22.0. The van der Waals surface area contributed by atoms with Crippen LogP contribution in [0.3, 0.4) is 0 Å². The van der Waals surface area contributed by atoms with Crippen LogP contribution in [-0.4, -0.2) is 28.7 Å². The molecule has 8 heteroatoms. The van der Waals surface area contributed by atoms with Gasteiger partial charge in [0.15, 0.2) is 5.76 Å². The van der Waals surface area contributed by atoms with Crippen molar-refractivity contribution in [1.29, 1.82) is 0 Å². The summed E-state index contributed by atoms with van der Waals surface area (Å²) in [7, 11) is 0. The maximum Gasteiger partial charge on any atom is 0.433 e. The first-order chi connectivity index (χ1) is 14.5. The summed E-state index contributed by atoms with van der Waals surface area (Å²) in [5, 5.41) is 15.7. The molecule has 1 heterocycles. The van der Waals surface area contributed by atoms with Crippen LogP contribution in [0.2, 0.25) is 0 Å². The second-order valence-corrected chi connectivity index (χ2v) is 7.74. The molecule has 0 saturated carbocycles. The van der Waals surface area contributed by atoms with Crippen LogP contribution >= 0.6 is 0 Å². The third kappa shape index (κ3) is 12.2. The molecule has 0 aliphatic carbocycles. The summed E-state index contributed by atoms with van der Waals surface area (Å²) in [5.41, 5.74) is 5.34. The Morgan fingerprint density at radius 3 is 1.93 bits per heavy atom. The lowest BCUT2D eigenvalue weighted by Crippen LogP contribution is -2.32. The van der Waals surface area contributed by atoms with E-state index in [4.69, 9.17) is 10.2 Å². The number of hydrogen-bond donors (Lipinski definition) is 1. The number of hydrazone groups is 1. The van der Waals surface area contributed by atoms with Gasteiger partial charge in [-0.05, 0) is 12.5 Å². The lowest BCUT2D eigenvalue weighted by molar-refractivity contribution is -0.402. The van der Waals surface area contributed by atoms with Gasteiger partial charge in [0.2, 0.25) is 0 Å². The van der Waals surface area contributed by atoms with E-state index in [-0.39, 0.29) is 11.6 Å². The first-order valence-electron chi connectivity index (χ1n) is 11.4. The molecule has 0 atom stereocenters. The minimum Gasteiger partial charge on any atom is -0.400 e. The van der Waals surface area contributed by atoms with Gasteiger partial charge in [0, 0.05) is 6.54 Å². The molecule has 0 radical (unpaired) electrons. The molecule has 0 aliphatic rings. The van der Waals surface area contributed by atoms with Crippen molar-refractivity contribution >= 4 is 18.1 Å². The quantitative estimate of drug-likeness (QED) is 0.128. The van der Waals surface area contributed by atoms with E-state index < -0.39 is 11.0 Å². The summed E-state index contributed by atoms with van der Waals surface area (Å²) >= 11 is 0. The summed E-state index contributed by atoms with van der Waals surface area (Å²) in [5.74, 6) is -0.164. The van der Waals surface area contributed by atoms with Crippen molar-refractivity contribution in [2.24, 2.45) is 10.8 Å². The number of unbranched alkanes of at least 4 members (excludes halogenated alkanes) is 13. The fourth-order valence-corrected chi connectivity index (χ4v) is 3.32. The molecule has 170 valence electrons. The van der Waals surface area contributed by atoms with Crippen molar-refractivity contribution in [2.45, 2.75) is 96.8 Å². The number of furan rings is 1. The molecular formula is C22H38N4O4. The summed E-state index contributed by atoms with van der Waals surface area (Å²) < 4.78 is 4.97. The molecule has 8 nitrogen and oxygen atoms in total. The summed E-state index contributed by atoms with van der Waals surface area (Å²) in [6.07, 6.45) is 18.9. The first kappa shape index (κ1) is 25.7. The molecule has 30 heavy (non-hydrogen) atoms. The van der Waals surface area contributed by atoms with Crippen molar-refractivity contribution in [2.75, 3.05) is 6.54 Å². The Hall–Kier alpha value is -2.38. The third-order valence-corrected chi connectivity index (χ3v) is 5.09. The fraction of sp³-hybridized carbons (Fsp3) is 0.727. The van der Waals surface area contributed by atoms with Crippen LogP contribution in [0.4, 0.5) is 10.7 Å². The van der Waals surface area contributed by atoms with E-state index in [1.807, 2.05) is 0 Å². The summed E-state index contributed by atoms with van der Waals surface area (Å²) in [6, 6.07) is 2.01. The van der Waals surface area contributed by atoms with Crippen LogP contribution < -0.4 is 5.73 Å². The predicted molar refractivity (Wildman–Crippen MR) is 120 cm³/mol. The number of amides is 2. The Bertz CT molecular complexity index is 630. The van der Waals surface area contributed by atoms with E-state index in [2.05, 4.69) is 12.0 Å². The highest BCUT2D eigenvalue weighted by atomic mass is 16.6. The van der Waals surface area contributed by atoms with Crippen molar-refractivity contribution < 1.29 is 14.1 Å². The number of hydrogen-bond acceptors (Lipinski definition) is 5. The van der Waals surface area contributed by atoms with Gasteiger partial charge in [-0.25, -0.2) is 9.80 Å². The minimum atomic E-state index is -0.651. The zero-order valence-corrected chi connectivity index (χ0v) is 18.4. The lowest BCUT2D eigenvalue weighted by Gasteiger charge is -2.13. The molecule has 0 bridgehead atoms. The summed E-state index contributed by atoms with van der Waals surface area (Å²) in [6.45, 7) is 2.67. The number of carbonyl (C=O) groups is 1. The summed E-state index contributed by atoms with van der Waals surface area (Å²) in [4.78, 5) is 21.5. The van der Waals surface area contributed by atoms with Crippen molar-refractivity contribution in [3.05, 3.63) is 28.0 Å². The Labute approximate surface area is 180 Å². The van der Waals surface area contributed by atoms with Crippen LogP contribution in [-0.2, 0) is 0 Å². The van der Waals surface area contributed by atoms with Gasteiger partial charge in [-0.2, -0.15) is 5.10 Å². The zero-order valence-electron chi connectivity index (χ0n) is 18.4. The van der Waals surface area contributed by atoms with E-state index >= 15 is 0 Å². The molecule has 1 aromatic heterocycles. The van der Waals surface area contributed by atoms with E-state index in [1.165, 1.54) is 89.0 Å². The topological polar surface area (TPSA) is 115 Å². The van der Waals surface area contributed by atoms with Gasteiger partial charge in [0.1, 0.15) is 4.92 Å². The SMILES string of the molecule is CCCCCCCCCCCCCCCCN(/N=C/c1ccc([N+](=O)[O-])o1)C(N)=O. The molecule has 1 rings (SSSR count). The number of nitrogens with zero attached hydrogens (tertiary/aromatic N) is 3. The van der Waals surface area contributed by atoms with Gasteiger partial charge in [-0.15, -0.1) is 0 Å². The molecule has 0 aromatic carbocycles. The van der Waals surface area contributed by atoms with Crippen LogP contribution in [0, 0.1) is 10.1 Å². The molecule has 0 fully saturated rings. The largest absolute Gasteiger partial charge is 0.433 e. The standard InChI is InChI=1S/C22H38N4O4/c1-2-3-4-5-6-7-8-9-10-11-12-13-14-15-18-25(22(23)27)24-19-20-16-17-21(30-20)26(28)29/h16-17,19H,2-15,18H2,1H3,(H2,23,27)/b24-19+. The highest BCUT2D eigenvalue weighted by molar-refractivity contribution is 5.79. The second kappa shape index (κ2) is 16.4. The van der Waals surface area contributed by atoms with Gasteiger partial charge >= 0.3 is 11.9 Å². The highest BCUT2D eigenvalue weighted by Gasteiger charge is 2.11. The Morgan fingerprint density at radius 2 is 1.50 bits per heavy atom. The Morgan fingerprint density at radius 1 is 1.00 bits per heavy atom. The molecule has 0 spiro atoms. The number of rotatable bonds is 18. The molecule has 2 amide bonds. The van der Waals surface area contributed by atoms with E-state index in [1.54, 1.807) is 0 Å². The van der Waals surface area contributed by atoms with Gasteiger partial charge in [-0.1, -0.05) is 90.4 Å². The third-order valence-electron chi connectivity index (χ3n) is 5.09. The number of nitro groups is 1. The lowest BCUT2D eigenvalue weighted by atomic mass is 10.0. The Balaban J connectivity index is 2.05. The number of urea groups is 1. The molecule has 1 aromatic rings. The van der Waals surface area contributed by atoms with Gasteiger partial charge in [-0.3, -0.25) is 10.1 Å². The van der Waals surface area contributed by atoms with E-state index in [9.17, 15) is 14.9 Å². The number of nitrogens with two attached hydrogens (primary N) is 1. The van der Waals surface area contributed by atoms with Gasteiger partial charge in [0.25, 0.3) is 0 Å². The minimum absolute atomic E-state index is 0.203. The van der Waals surface area contributed by atoms with Crippen LogP contribution in [0.15, 0.2) is 21.7 Å². The average Bonchev–Trinajstić information content (AvgIpc) is 3.19. The number of primary amides is 1. The first-order valence-corrected chi connectivity index (χ1v) is 11.4. The average molecular weight is 423 g/mol. The van der Waals surface area contributed by atoms with Gasteiger partial charge in [0.05, 0.1) is 12.3 Å². The van der Waals surface area contributed by atoms with Crippen LogP contribution in [0.25, 0.3) is 0 Å². The second-order valence-electron chi connectivity index (χ2n) is 7.74. The number of carbonyl (C=O) groups excluding carboxylic acids is 1. The molecule has 2 N–H and O–H groups in total. The fourth-order valence-electron chi connectivity index (χ4n) is 3.32. The van der Waals surface area contributed by atoms with Crippen molar-refractivity contribution in [3.8, 4) is 0 Å². The van der Waals surface area contributed by atoms with Crippen LogP contribution in [0.5, 0.6) is 0 Å². The maximum atomic E-state index is 11.5. The monoisotopic (exact) mass is 422 g/mol. The van der Waals surface area contributed by atoms with Gasteiger partial charge < -0.3 is 10.2 Å². The molecule has 0 unspecified atom stereocenters. The predicted octanol–water partition coefficient (Wildman–Crippen LogP) is 6.38. The molecule has 0 aliphatic heterocycles. The van der Waals surface area contributed by atoms with Crippen LogP contribution in [0.1, 0.15) is 103 Å². The normalized spacial score (nSPS) is 11.2. The van der Waals surface area contributed by atoms with E-state index in [0.29, 0.717) is 6.54 Å². The smallest absolute Gasteiger partial charge is 0.400 e. The maximum absolute atomic E-state index is 11.5. The molecular weight excluding hydrogens is 384 g/mol. The highest BCUT2D eigenvalue weighted by Crippen LogP contribution is 2.15. The van der Waals surface area contributed by atoms with Crippen molar-refractivity contribution in [1.82, 2.24) is 5.01 Å².